The summed E-state index contributed by atoms with van der Waals surface area (Å²) in [5.41, 5.74) is 10.4. The number of nitrogen functional groups attached to an aromatic ring is 2. The molecule has 0 aliphatic heterocycles. The number of phenolic OH excluding ortho intramolecular Hbond substituents is 1. The molecule has 5 heteroatoms. The fourth-order valence-electron chi connectivity index (χ4n) is 0.806. The number of phenols is 1. The van der Waals surface area contributed by atoms with Crippen LogP contribution < -0.4 is 11.5 Å². The Morgan fingerprint density at radius 1 is 1.25 bits per heavy atom. The predicted molar refractivity (Wildman–Crippen MR) is 43.9 cm³/mol. The van der Waals surface area contributed by atoms with E-state index in [9.17, 15) is 4.79 Å². The molecule has 0 fully saturated rings. The fourth-order valence-corrected chi connectivity index (χ4v) is 0.806. The van der Waals surface area contributed by atoms with Gasteiger partial charge in [-0.25, -0.2) is 4.79 Å². The van der Waals surface area contributed by atoms with Gasteiger partial charge in [0.25, 0.3) is 0 Å². The van der Waals surface area contributed by atoms with Crippen molar-refractivity contribution in [2.75, 3.05) is 11.5 Å². The second-order valence-corrected chi connectivity index (χ2v) is 2.30. The van der Waals surface area contributed by atoms with Crippen LogP contribution in [0.25, 0.3) is 0 Å². The summed E-state index contributed by atoms with van der Waals surface area (Å²) in [6.07, 6.45) is 0. The zero-order valence-corrected chi connectivity index (χ0v) is 6.11. The molecule has 0 radical (unpaired) electrons. The number of nitrogens with two attached hydrogens (primary N) is 2. The Labute approximate surface area is 68.2 Å². The van der Waals surface area contributed by atoms with Gasteiger partial charge in [-0.3, -0.25) is 0 Å². The predicted octanol–water partition coefficient (Wildman–Crippen LogP) is 0.255. The second kappa shape index (κ2) is 2.61. The fraction of sp³-hybridized carbons (Fsp3) is 0. The van der Waals surface area contributed by atoms with E-state index >= 15 is 0 Å². The molecule has 1 rings (SSSR count). The molecule has 0 aliphatic rings. The molecule has 64 valence electrons. The van der Waals surface area contributed by atoms with Gasteiger partial charge in [-0.15, -0.1) is 0 Å². The lowest BCUT2D eigenvalue weighted by Crippen LogP contribution is -2.03. The van der Waals surface area contributed by atoms with Gasteiger partial charge < -0.3 is 21.7 Å². The molecule has 0 saturated carbocycles. The number of anilines is 2. The summed E-state index contributed by atoms with van der Waals surface area (Å²) in [6, 6.07) is 2.23. The van der Waals surface area contributed by atoms with Crippen LogP contribution >= 0.6 is 0 Å². The summed E-state index contributed by atoms with van der Waals surface area (Å²) in [5, 5.41) is 17.6. The Morgan fingerprint density at radius 2 is 1.83 bits per heavy atom. The monoisotopic (exact) mass is 168 g/mol. The number of hydrogen-bond acceptors (Lipinski definition) is 4. The third-order valence-corrected chi connectivity index (χ3v) is 1.43. The van der Waals surface area contributed by atoms with Crippen LogP contribution in [-0.4, -0.2) is 16.2 Å². The van der Waals surface area contributed by atoms with Crippen LogP contribution in [0.3, 0.4) is 0 Å². The van der Waals surface area contributed by atoms with Gasteiger partial charge in [0.05, 0.1) is 11.3 Å². The van der Waals surface area contributed by atoms with Crippen LogP contribution in [0.2, 0.25) is 0 Å². The van der Waals surface area contributed by atoms with Crippen LogP contribution in [0.1, 0.15) is 10.4 Å². The van der Waals surface area contributed by atoms with Crippen LogP contribution in [0, 0.1) is 0 Å². The van der Waals surface area contributed by atoms with Gasteiger partial charge in [-0.2, -0.15) is 0 Å². The average molecular weight is 168 g/mol. The van der Waals surface area contributed by atoms with E-state index in [1.54, 1.807) is 0 Å². The highest BCUT2D eigenvalue weighted by atomic mass is 16.4. The van der Waals surface area contributed by atoms with E-state index < -0.39 is 5.97 Å². The van der Waals surface area contributed by atoms with E-state index in [-0.39, 0.29) is 22.7 Å². The molecular formula is C7H8N2O3. The number of benzene rings is 1. The van der Waals surface area contributed by atoms with E-state index in [1.165, 1.54) is 0 Å². The van der Waals surface area contributed by atoms with E-state index in [2.05, 4.69) is 0 Å². The van der Waals surface area contributed by atoms with Crippen molar-refractivity contribution in [1.29, 1.82) is 0 Å². The Hall–Kier alpha value is -1.91. The second-order valence-electron chi connectivity index (χ2n) is 2.30. The molecule has 12 heavy (non-hydrogen) atoms. The molecule has 0 heterocycles. The number of carboxylic acid groups (broad SMARTS) is 1. The zero-order valence-electron chi connectivity index (χ0n) is 6.11. The first-order valence-electron chi connectivity index (χ1n) is 3.13. The molecule has 0 atom stereocenters. The van der Waals surface area contributed by atoms with E-state index in [4.69, 9.17) is 21.7 Å². The van der Waals surface area contributed by atoms with Crippen LogP contribution in [0.15, 0.2) is 12.1 Å². The molecule has 6 N–H and O–H groups in total. The number of carbonyl (C=O) groups is 1. The molecule has 0 amide bonds. The molecule has 1 aromatic rings. The number of hydrogen-bond donors (Lipinski definition) is 4. The van der Waals surface area contributed by atoms with Gasteiger partial charge in [0, 0.05) is 11.8 Å². The third kappa shape index (κ3) is 1.24. The lowest BCUT2D eigenvalue weighted by Gasteiger charge is -2.03. The van der Waals surface area contributed by atoms with Gasteiger partial charge in [-0.05, 0) is 6.07 Å². The minimum absolute atomic E-state index is 0.00148. The van der Waals surface area contributed by atoms with Crippen molar-refractivity contribution < 1.29 is 15.0 Å². The summed E-state index contributed by atoms with van der Waals surface area (Å²) < 4.78 is 0. The Balaban J connectivity index is 3.33. The minimum Gasteiger partial charge on any atom is -0.506 e. The highest BCUT2D eigenvalue weighted by molar-refractivity contribution is 5.95. The number of rotatable bonds is 1. The summed E-state index contributed by atoms with van der Waals surface area (Å²) in [6.45, 7) is 0. The maximum atomic E-state index is 10.5. The summed E-state index contributed by atoms with van der Waals surface area (Å²) in [4.78, 5) is 10.5. The lowest BCUT2D eigenvalue weighted by molar-refractivity contribution is 0.0698. The lowest BCUT2D eigenvalue weighted by atomic mass is 10.1. The first-order valence-corrected chi connectivity index (χ1v) is 3.13. The van der Waals surface area contributed by atoms with Crippen LogP contribution in [-0.2, 0) is 0 Å². The molecule has 0 saturated heterocycles. The van der Waals surface area contributed by atoms with Gasteiger partial charge in [0.2, 0.25) is 0 Å². The van der Waals surface area contributed by atoms with Gasteiger partial charge >= 0.3 is 5.97 Å². The molecule has 0 spiro atoms. The number of carboxylic acids is 1. The van der Waals surface area contributed by atoms with Crippen molar-refractivity contribution >= 4 is 17.3 Å². The highest BCUT2D eigenvalue weighted by Gasteiger charge is 2.10. The number of aromatic carboxylic acids is 1. The Bertz CT molecular complexity index is 336. The van der Waals surface area contributed by atoms with E-state index in [0.29, 0.717) is 0 Å². The largest absolute Gasteiger partial charge is 0.506 e. The summed E-state index contributed by atoms with van der Waals surface area (Å²) in [5.74, 6) is -1.38. The molecule has 0 aromatic heterocycles. The Morgan fingerprint density at radius 3 is 2.33 bits per heavy atom. The zero-order chi connectivity index (χ0) is 9.30. The maximum Gasteiger partial charge on any atom is 0.337 e. The van der Waals surface area contributed by atoms with Gasteiger partial charge in [-0.1, -0.05) is 0 Å². The van der Waals surface area contributed by atoms with Crippen molar-refractivity contribution in [3.8, 4) is 5.75 Å². The average Bonchev–Trinajstić information content (AvgIpc) is 1.96. The molecule has 1 aromatic carbocycles. The molecule has 5 nitrogen and oxygen atoms in total. The van der Waals surface area contributed by atoms with Crippen LogP contribution in [0.5, 0.6) is 5.75 Å². The summed E-state index contributed by atoms with van der Waals surface area (Å²) in [7, 11) is 0. The normalized spacial score (nSPS) is 9.67. The van der Waals surface area contributed by atoms with E-state index in [0.717, 1.165) is 12.1 Å². The Kier molecular flexibility index (Phi) is 1.78. The molecule has 0 unspecified atom stereocenters. The highest BCUT2D eigenvalue weighted by Crippen LogP contribution is 2.25. The van der Waals surface area contributed by atoms with Crippen LogP contribution in [0.4, 0.5) is 11.4 Å². The van der Waals surface area contributed by atoms with E-state index in [1.807, 2.05) is 0 Å². The molecular weight excluding hydrogens is 160 g/mol. The van der Waals surface area contributed by atoms with Crippen molar-refractivity contribution in [2.45, 2.75) is 0 Å². The first kappa shape index (κ1) is 8.19. The smallest absolute Gasteiger partial charge is 0.337 e. The minimum atomic E-state index is -1.17. The van der Waals surface area contributed by atoms with Crippen molar-refractivity contribution in [3.63, 3.8) is 0 Å². The van der Waals surface area contributed by atoms with Crippen molar-refractivity contribution in [1.82, 2.24) is 0 Å². The topological polar surface area (TPSA) is 110 Å². The van der Waals surface area contributed by atoms with Gasteiger partial charge in [0.15, 0.2) is 0 Å². The first-order chi connectivity index (χ1) is 5.52. The molecule has 0 bridgehead atoms. The third-order valence-electron chi connectivity index (χ3n) is 1.43. The maximum absolute atomic E-state index is 10.5. The summed E-state index contributed by atoms with van der Waals surface area (Å²) >= 11 is 0. The van der Waals surface area contributed by atoms with Gasteiger partial charge in [0.1, 0.15) is 5.75 Å². The SMILES string of the molecule is Nc1cc(C(=O)O)c(N)cc1O. The molecule has 0 aliphatic carbocycles. The van der Waals surface area contributed by atoms with Crippen molar-refractivity contribution in [2.24, 2.45) is 0 Å². The van der Waals surface area contributed by atoms with Crippen molar-refractivity contribution in [3.05, 3.63) is 17.7 Å². The number of aromatic hydroxyl groups is 1. The standard InChI is InChI=1S/C7H8N2O3/c8-4-2-6(10)5(9)1-3(4)7(11)12/h1-2,10H,8-9H2,(H,11,12). The quantitative estimate of drug-likeness (QED) is 0.355.